The average molecular weight is 420 g/mol. The summed E-state index contributed by atoms with van der Waals surface area (Å²) in [5.41, 5.74) is 0.784. The van der Waals surface area contributed by atoms with Gasteiger partial charge in [0.15, 0.2) is 5.82 Å². The van der Waals surface area contributed by atoms with Crippen molar-refractivity contribution in [3.63, 3.8) is 0 Å². The van der Waals surface area contributed by atoms with Gasteiger partial charge in [0.2, 0.25) is 0 Å². The van der Waals surface area contributed by atoms with Gasteiger partial charge < -0.3 is 19.1 Å². The minimum atomic E-state index is -1.00. The van der Waals surface area contributed by atoms with Gasteiger partial charge in [0, 0.05) is 17.2 Å². The Bertz CT molecular complexity index is 1180. The molecular weight excluding hydrogens is 400 g/mol. The molecule has 1 unspecified atom stereocenters. The van der Waals surface area contributed by atoms with Crippen molar-refractivity contribution >= 4 is 23.3 Å². The highest BCUT2D eigenvalue weighted by Crippen LogP contribution is 2.45. The van der Waals surface area contributed by atoms with E-state index in [2.05, 4.69) is 5.16 Å². The van der Waals surface area contributed by atoms with E-state index in [0.717, 1.165) is 0 Å². The fourth-order valence-corrected chi connectivity index (χ4v) is 3.63. The molecule has 2 heterocycles. The van der Waals surface area contributed by atoms with Gasteiger partial charge in [0.25, 0.3) is 5.78 Å². The Morgan fingerprint density at radius 2 is 1.81 bits per heavy atom. The number of aliphatic hydroxyl groups excluding tert-OH is 1. The van der Waals surface area contributed by atoms with Gasteiger partial charge in [0.1, 0.15) is 29.1 Å². The average Bonchev–Trinajstić information content (AvgIpc) is 3.34. The Hall–Kier alpha value is -4.07. The zero-order chi connectivity index (χ0) is 22.1. The molecule has 1 fully saturated rings. The maximum Gasteiger partial charge on any atom is 0.301 e. The molecule has 158 valence electrons. The molecule has 8 nitrogen and oxygen atoms in total. The summed E-state index contributed by atoms with van der Waals surface area (Å²) in [6.07, 6.45) is 0. The van der Waals surface area contributed by atoms with Gasteiger partial charge in [-0.25, -0.2) is 0 Å². The molecule has 3 aromatic rings. The normalized spacial score (nSPS) is 17.8. The lowest BCUT2D eigenvalue weighted by molar-refractivity contribution is -0.132. The number of carbonyl (C=O) groups is 2. The van der Waals surface area contributed by atoms with Gasteiger partial charge in [0.05, 0.1) is 19.8 Å². The van der Waals surface area contributed by atoms with E-state index in [1.54, 1.807) is 61.5 Å². The van der Waals surface area contributed by atoms with Crippen molar-refractivity contribution in [3.05, 3.63) is 77.1 Å². The van der Waals surface area contributed by atoms with Gasteiger partial charge in [-0.3, -0.25) is 14.5 Å². The van der Waals surface area contributed by atoms with E-state index in [4.69, 9.17) is 14.0 Å². The summed E-state index contributed by atoms with van der Waals surface area (Å²) >= 11 is 0. The first-order valence-corrected chi connectivity index (χ1v) is 9.48. The van der Waals surface area contributed by atoms with Crippen molar-refractivity contribution < 1.29 is 28.7 Å². The number of hydrogen-bond acceptors (Lipinski definition) is 7. The molecule has 1 aromatic heterocycles. The third-order valence-corrected chi connectivity index (χ3v) is 5.09. The zero-order valence-corrected chi connectivity index (χ0v) is 17.2. The number of aromatic nitrogens is 1. The fourth-order valence-electron chi connectivity index (χ4n) is 3.63. The standard InChI is InChI=1S/C23H20N2O6/c1-13-11-18(24-31-13)25-20(16-12-15(29-2)9-10-17(16)30-3)19(22(27)23(25)28)21(26)14-7-5-4-6-8-14/h4-12,20,26H,1-3H3/b21-19+. The first kappa shape index (κ1) is 20.2. The minimum absolute atomic E-state index is 0.0802. The first-order chi connectivity index (χ1) is 15.0. The lowest BCUT2D eigenvalue weighted by atomic mass is 9.94. The van der Waals surface area contributed by atoms with Crippen molar-refractivity contribution in [1.82, 2.24) is 5.16 Å². The van der Waals surface area contributed by atoms with E-state index >= 15 is 0 Å². The molecule has 1 aliphatic heterocycles. The summed E-state index contributed by atoms with van der Waals surface area (Å²) < 4.78 is 16.0. The lowest BCUT2D eigenvalue weighted by Crippen LogP contribution is -2.30. The summed E-state index contributed by atoms with van der Waals surface area (Å²) in [5, 5.41) is 15.0. The van der Waals surface area contributed by atoms with E-state index in [1.165, 1.54) is 19.1 Å². The smallest absolute Gasteiger partial charge is 0.301 e. The predicted octanol–water partition coefficient (Wildman–Crippen LogP) is 3.63. The lowest BCUT2D eigenvalue weighted by Gasteiger charge is -2.24. The highest BCUT2D eigenvalue weighted by Gasteiger charge is 2.49. The SMILES string of the molecule is COc1ccc(OC)c(C2/C(=C(\O)c3ccccc3)C(=O)C(=O)N2c2cc(C)on2)c1. The van der Waals surface area contributed by atoms with Crippen LogP contribution in [0.15, 0.2) is 64.7 Å². The summed E-state index contributed by atoms with van der Waals surface area (Å²) in [6.45, 7) is 1.68. The number of aliphatic hydroxyl groups is 1. The Kier molecular flexibility index (Phi) is 5.21. The number of rotatable bonds is 5. The maximum atomic E-state index is 13.1. The third-order valence-electron chi connectivity index (χ3n) is 5.09. The molecule has 1 aliphatic rings. The third kappa shape index (κ3) is 3.42. The minimum Gasteiger partial charge on any atom is -0.507 e. The second kappa shape index (κ2) is 7.98. The molecule has 4 rings (SSSR count). The highest BCUT2D eigenvalue weighted by atomic mass is 16.5. The fraction of sp³-hybridized carbons (Fsp3) is 0.174. The molecule has 8 heteroatoms. The van der Waals surface area contributed by atoms with Crippen LogP contribution in [0.25, 0.3) is 5.76 Å². The van der Waals surface area contributed by atoms with Crippen molar-refractivity contribution in [2.75, 3.05) is 19.1 Å². The number of anilines is 1. The van der Waals surface area contributed by atoms with Crippen LogP contribution in [0.1, 0.15) is 22.9 Å². The predicted molar refractivity (Wildman–Crippen MR) is 112 cm³/mol. The zero-order valence-electron chi connectivity index (χ0n) is 17.2. The number of carbonyl (C=O) groups excluding carboxylic acids is 2. The summed E-state index contributed by atoms with van der Waals surface area (Å²) in [7, 11) is 2.99. The molecule has 0 bridgehead atoms. The molecular formula is C23H20N2O6. The quantitative estimate of drug-likeness (QED) is 0.382. The second-order valence-electron chi connectivity index (χ2n) is 6.94. The van der Waals surface area contributed by atoms with Crippen LogP contribution in [0, 0.1) is 6.92 Å². The number of hydrogen-bond donors (Lipinski definition) is 1. The van der Waals surface area contributed by atoms with Crippen molar-refractivity contribution in [1.29, 1.82) is 0 Å². The van der Waals surface area contributed by atoms with Crippen LogP contribution in [0.2, 0.25) is 0 Å². The van der Waals surface area contributed by atoms with E-state index in [1.807, 2.05) is 0 Å². The number of methoxy groups -OCH3 is 2. The Morgan fingerprint density at radius 1 is 1.06 bits per heavy atom. The molecule has 1 atom stereocenters. The molecule has 2 aromatic carbocycles. The van der Waals surface area contributed by atoms with Crippen LogP contribution in [-0.2, 0) is 9.59 Å². The number of benzene rings is 2. The summed E-state index contributed by atoms with van der Waals surface area (Å²) in [4.78, 5) is 27.4. The van der Waals surface area contributed by atoms with Crippen LogP contribution in [0.4, 0.5) is 5.82 Å². The molecule has 31 heavy (non-hydrogen) atoms. The molecule has 1 saturated heterocycles. The van der Waals surface area contributed by atoms with Gasteiger partial charge in [-0.05, 0) is 25.1 Å². The van der Waals surface area contributed by atoms with Gasteiger partial charge in [-0.2, -0.15) is 0 Å². The van der Waals surface area contributed by atoms with E-state index in [0.29, 0.717) is 28.4 Å². The summed E-state index contributed by atoms with van der Waals surface area (Å²) in [5.74, 6) is -0.429. The molecule has 0 aliphatic carbocycles. The topological polar surface area (TPSA) is 102 Å². The monoisotopic (exact) mass is 420 g/mol. The van der Waals surface area contributed by atoms with Gasteiger partial charge in [-0.15, -0.1) is 0 Å². The molecule has 0 radical (unpaired) electrons. The number of ether oxygens (including phenoxy) is 2. The van der Waals surface area contributed by atoms with Crippen molar-refractivity contribution in [2.45, 2.75) is 13.0 Å². The Balaban J connectivity index is 2.01. The number of ketones is 1. The Labute approximate surface area is 178 Å². The molecule has 0 saturated carbocycles. The number of amides is 1. The van der Waals surface area contributed by atoms with Crippen molar-refractivity contribution in [2.24, 2.45) is 0 Å². The summed E-state index contributed by atoms with van der Waals surface area (Å²) in [6, 6.07) is 14.1. The van der Waals surface area contributed by atoms with Gasteiger partial charge >= 0.3 is 5.91 Å². The van der Waals surface area contributed by atoms with Crippen molar-refractivity contribution in [3.8, 4) is 11.5 Å². The second-order valence-corrected chi connectivity index (χ2v) is 6.94. The van der Waals surface area contributed by atoms with E-state index in [-0.39, 0.29) is 17.2 Å². The molecule has 0 spiro atoms. The van der Waals surface area contributed by atoms with E-state index < -0.39 is 17.7 Å². The van der Waals surface area contributed by atoms with Crippen LogP contribution in [0.5, 0.6) is 11.5 Å². The number of nitrogens with zero attached hydrogens (tertiary/aromatic N) is 2. The van der Waals surface area contributed by atoms with Crippen LogP contribution < -0.4 is 14.4 Å². The number of Topliss-reactive ketones (excluding diaryl/α,β-unsaturated/α-hetero) is 1. The molecule has 1 N–H and O–H groups in total. The number of aryl methyl sites for hydroxylation is 1. The Morgan fingerprint density at radius 3 is 2.42 bits per heavy atom. The van der Waals surface area contributed by atoms with Gasteiger partial charge in [-0.1, -0.05) is 35.5 Å². The van der Waals surface area contributed by atoms with Crippen LogP contribution in [0.3, 0.4) is 0 Å². The highest BCUT2D eigenvalue weighted by molar-refractivity contribution is 6.51. The first-order valence-electron chi connectivity index (χ1n) is 9.48. The maximum absolute atomic E-state index is 13.1. The van der Waals surface area contributed by atoms with E-state index in [9.17, 15) is 14.7 Å². The van der Waals surface area contributed by atoms with Crippen LogP contribution >= 0.6 is 0 Å². The largest absolute Gasteiger partial charge is 0.507 e. The van der Waals surface area contributed by atoms with Crippen LogP contribution in [-0.4, -0.2) is 36.2 Å². The molecule has 1 amide bonds.